The van der Waals surface area contributed by atoms with Gasteiger partial charge >= 0.3 is 0 Å². The van der Waals surface area contributed by atoms with Crippen molar-refractivity contribution in [1.82, 2.24) is 8.43 Å². The first-order chi connectivity index (χ1) is 6.33. The van der Waals surface area contributed by atoms with Crippen LogP contribution in [-0.2, 0) is 21.5 Å². The first kappa shape index (κ1) is 14.0. The Labute approximate surface area is 87.3 Å². The minimum Gasteiger partial charge on any atom is -0.759 e. The molecule has 0 aliphatic carbocycles. The lowest BCUT2D eigenvalue weighted by atomic mass is 10.4. The zero-order valence-electron chi connectivity index (χ0n) is 8.39. The summed E-state index contributed by atoms with van der Waals surface area (Å²) >= 11 is -2.77. The second-order valence-corrected chi connectivity index (χ2v) is 5.66. The van der Waals surface area contributed by atoms with E-state index in [-0.39, 0.29) is 6.54 Å². The lowest BCUT2D eigenvalue weighted by Gasteiger charge is -2.26. The molecule has 0 aromatic carbocycles. The molecule has 86 valence electrons. The number of hydrogen-bond acceptors (Lipinski definition) is 4. The molecule has 0 amide bonds. The van der Waals surface area contributed by atoms with E-state index in [4.69, 9.17) is 0 Å². The second kappa shape index (κ2) is 5.76. The highest BCUT2D eigenvalue weighted by molar-refractivity contribution is 7.98. The molecule has 1 atom stereocenters. The molecule has 1 N–H and O–H groups in total. The van der Waals surface area contributed by atoms with Crippen LogP contribution in [0.5, 0.6) is 0 Å². The van der Waals surface area contributed by atoms with Crippen molar-refractivity contribution in [1.29, 1.82) is 0 Å². The summed E-state index contributed by atoms with van der Waals surface area (Å²) in [5.41, 5.74) is 0. The van der Waals surface area contributed by atoms with E-state index in [0.717, 1.165) is 0 Å². The van der Waals surface area contributed by atoms with Crippen molar-refractivity contribution in [2.24, 2.45) is 0 Å². The monoisotopic (exact) mass is 243 g/mol. The lowest BCUT2D eigenvalue weighted by molar-refractivity contribution is 0.425. The Morgan fingerprint density at radius 3 is 2.29 bits per heavy atom. The molecular formula is C6H15N2O4S2-. The van der Waals surface area contributed by atoms with Gasteiger partial charge in [0.25, 0.3) is 10.2 Å². The molecule has 0 saturated carbocycles. The molecule has 0 radical (unpaired) electrons. The van der Waals surface area contributed by atoms with Crippen molar-refractivity contribution in [3.63, 3.8) is 0 Å². The number of rotatable bonds is 6. The second-order valence-electron chi connectivity index (χ2n) is 2.97. The largest absolute Gasteiger partial charge is 0.759 e. The number of nitrogens with one attached hydrogen (secondary N) is 1. The lowest BCUT2D eigenvalue weighted by Crippen LogP contribution is -2.45. The Balaban J connectivity index is 4.74. The van der Waals surface area contributed by atoms with E-state index >= 15 is 0 Å². The van der Waals surface area contributed by atoms with E-state index in [1.165, 1.54) is 13.8 Å². The third kappa shape index (κ3) is 4.01. The molecule has 14 heavy (non-hydrogen) atoms. The highest BCUT2D eigenvalue weighted by Crippen LogP contribution is 2.06. The smallest absolute Gasteiger partial charge is 0.290 e. The van der Waals surface area contributed by atoms with E-state index in [1.54, 1.807) is 6.92 Å². The first-order valence-corrected chi connectivity index (χ1v) is 6.68. The average Bonchev–Trinajstić information content (AvgIpc) is 1.98. The fourth-order valence-corrected chi connectivity index (χ4v) is 3.11. The molecule has 0 rings (SSSR count). The van der Waals surface area contributed by atoms with E-state index in [0.29, 0.717) is 10.1 Å². The maximum absolute atomic E-state index is 11.4. The molecule has 0 aromatic heterocycles. The average molecular weight is 243 g/mol. The SMILES string of the molecule is CCCNS(=O)(=O)N(C(C)C)S(=O)[O-]. The Morgan fingerprint density at radius 1 is 1.50 bits per heavy atom. The fourth-order valence-electron chi connectivity index (χ4n) is 0.824. The first-order valence-electron chi connectivity index (χ1n) is 4.21. The third-order valence-corrected chi connectivity index (χ3v) is 4.47. The maximum atomic E-state index is 11.4. The van der Waals surface area contributed by atoms with Crippen molar-refractivity contribution < 1.29 is 17.2 Å². The van der Waals surface area contributed by atoms with Crippen molar-refractivity contribution >= 4 is 21.5 Å². The molecule has 0 spiro atoms. The molecule has 0 fully saturated rings. The van der Waals surface area contributed by atoms with Gasteiger partial charge in [-0.15, -0.1) is 3.71 Å². The summed E-state index contributed by atoms with van der Waals surface area (Å²) in [4.78, 5) is 0. The van der Waals surface area contributed by atoms with Crippen LogP contribution in [0.15, 0.2) is 0 Å². The summed E-state index contributed by atoms with van der Waals surface area (Å²) in [6, 6.07) is -0.623. The summed E-state index contributed by atoms with van der Waals surface area (Å²) in [6.07, 6.45) is 0.608. The van der Waals surface area contributed by atoms with Crippen LogP contribution in [0.2, 0.25) is 0 Å². The Morgan fingerprint density at radius 2 is 2.00 bits per heavy atom. The van der Waals surface area contributed by atoms with Gasteiger partial charge in [0.05, 0.1) is 0 Å². The summed E-state index contributed by atoms with van der Waals surface area (Å²) < 4.78 is 46.7. The van der Waals surface area contributed by atoms with Crippen LogP contribution >= 0.6 is 0 Å². The van der Waals surface area contributed by atoms with Crippen LogP contribution in [0.3, 0.4) is 0 Å². The predicted octanol–water partition coefficient (Wildman–Crippen LogP) is -0.265. The highest BCUT2D eigenvalue weighted by Gasteiger charge is 2.25. The molecular weight excluding hydrogens is 228 g/mol. The van der Waals surface area contributed by atoms with Crippen molar-refractivity contribution in [2.45, 2.75) is 33.2 Å². The standard InChI is InChI=1S/C6H16N2O4S2/c1-4-5-7-14(11,12)8(6(2)3)13(9)10/h6-7H,4-5H2,1-3H3,(H,9,10)/p-1. The van der Waals surface area contributed by atoms with Crippen LogP contribution in [0.1, 0.15) is 27.2 Å². The third-order valence-electron chi connectivity index (χ3n) is 1.34. The van der Waals surface area contributed by atoms with Gasteiger partial charge in [0, 0.05) is 23.9 Å². The zero-order chi connectivity index (χ0) is 11.4. The Bertz CT molecular complexity index is 288. The predicted molar refractivity (Wildman–Crippen MR) is 53.1 cm³/mol. The van der Waals surface area contributed by atoms with Crippen molar-refractivity contribution in [3.05, 3.63) is 0 Å². The van der Waals surface area contributed by atoms with Gasteiger partial charge in [0.2, 0.25) is 0 Å². The highest BCUT2D eigenvalue weighted by atomic mass is 32.3. The summed E-state index contributed by atoms with van der Waals surface area (Å²) in [5.74, 6) is 0. The van der Waals surface area contributed by atoms with Gasteiger partial charge in [-0.1, -0.05) is 6.92 Å². The van der Waals surface area contributed by atoms with Crippen LogP contribution < -0.4 is 4.72 Å². The quantitative estimate of drug-likeness (QED) is 0.651. The van der Waals surface area contributed by atoms with E-state index < -0.39 is 27.5 Å². The van der Waals surface area contributed by atoms with Crippen molar-refractivity contribution in [3.8, 4) is 0 Å². The molecule has 0 heterocycles. The molecule has 8 heteroatoms. The molecule has 0 aliphatic heterocycles. The number of nitrogens with zero attached hydrogens (tertiary/aromatic N) is 1. The van der Waals surface area contributed by atoms with Gasteiger partial charge in [-0.2, -0.15) is 8.42 Å². The van der Waals surface area contributed by atoms with Gasteiger partial charge in [0.15, 0.2) is 0 Å². The summed E-state index contributed by atoms with van der Waals surface area (Å²) in [5, 5.41) is 0. The van der Waals surface area contributed by atoms with E-state index in [9.17, 15) is 17.2 Å². The molecule has 6 nitrogen and oxygen atoms in total. The van der Waals surface area contributed by atoms with Crippen LogP contribution in [-0.4, -0.2) is 33.5 Å². The Hall–Kier alpha value is -0.0200. The topological polar surface area (TPSA) is 89.5 Å². The fraction of sp³-hybridized carbons (Fsp3) is 1.00. The van der Waals surface area contributed by atoms with Gasteiger partial charge in [-0.25, -0.2) is 4.72 Å². The van der Waals surface area contributed by atoms with Gasteiger partial charge in [-0.3, -0.25) is 4.21 Å². The van der Waals surface area contributed by atoms with Crippen LogP contribution in [0.4, 0.5) is 0 Å². The van der Waals surface area contributed by atoms with Gasteiger partial charge < -0.3 is 4.55 Å². The van der Waals surface area contributed by atoms with Gasteiger partial charge in [-0.05, 0) is 20.3 Å². The minimum absolute atomic E-state index is 0.225. The number of hydrogen-bond donors (Lipinski definition) is 1. The summed E-state index contributed by atoms with van der Waals surface area (Å²) in [7, 11) is -3.91. The molecule has 1 unspecified atom stereocenters. The van der Waals surface area contributed by atoms with Gasteiger partial charge in [0.1, 0.15) is 0 Å². The van der Waals surface area contributed by atoms with Crippen LogP contribution in [0, 0.1) is 0 Å². The van der Waals surface area contributed by atoms with E-state index in [1.807, 2.05) is 0 Å². The van der Waals surface area contributed by atoms with Crippen LogP contribution in [0.25, 0.3) is 0 Å². The van der Waals surface area contributed by atoms with E-state index in [2.05, 4.69) is 4.72 Å². The molecule has 0 bridgehead atoms. The van der Waals surface area contributed by atoms with Crippen molar-refractivity contribution in [2.75, 3.05) is 6.54 Å². The normalized spacial score (nSPS) is 15.0. The molecule has 0 saturated heterocycles. The minimum atomic E-state index is -3.91. The zero-order valence-corrected chi connectivity index (χ0v) is 10.0. The molecule has 0 aromatic rings. The summed E-state index contributed by atoms with van der Waals surface area (Å²) in [6.45, 7) is 4.99. The Kier molecular flexibility index (Phi) is 5.75. The molecule has 0 aliphatic rings. The maximum Gasteiger partial charge on any atom is 0.290 e.